The minimum atomic E-state index is -1.52. The van der Waals surface area contributed by atoms with Gasteiger partial charge in [-0.3, -0.25) is 0 Å². The molecular formula is C17H17F2NO3. The molecule has 0 radical (unpaired) electrons. The number of aliphatic carboxylic acids is 1. The third-order valence-electron chi connectivity index (χ3n) is 3.63. The van der Waals surface area contributed by atoms with Crippen LogP contribution in [0.1, 0.15) is 29.6 Å². The molecule has 0 heterocycles. The average Bonchev–Trinajstić information content (AvgIpc) is 3.27. The largest absolute Gasteiger partial charge is 0.547 e. The number of halogens is 2. The molecule has 122 valence electrons. The quantitative estimate of drug-likeness (QED) is 0.864. The van der Waals surface area contributed by atoms with Crippen LogP contribution in [0.3, 0.4) is 0 Å². The summed E-state index contributed by atoms with van der Waals surface area (Å²) in [4.78, 5) is 10.1. The van der Waals surface area contributed by atoms with E-state index in [4.69, 9.17) is 5.11 Å². The summed E-state index contributed by atoms with van der Waals surface area (Å²) in [7, 11) is 0. The third-order valence-corrected chi connectivity index (χ3v) is 3.63. The van der Waals surface area contributed by atoms with Gasteiger partial charge < -0.3 is 20.7 Å². The summed E-state index contributed by atoms with van der Waals surface area (Å²) >= 11 is 0. The minimum absolute atomic E-state index is 0.340. The Morgan fingerprint density at radius 3 is 2.26 bits per heavy atom. The van der Waals surface area contributed by atoms with Crippen LogP contribution in [0, 0.1) is 11.6 Å². The van der Waals surface area contributed by atoms with Crippen molar-refractivity contribution in [2.24, 2.45) is 0 Å². The summed E-state index contributed by atoms with van der Waals surface area (Å²) in [6, 6.07) is 12.6. The standard InChI is InChI=1S/C9H9F2N.C8H8O3/c10-7-2-1-5(3-8(7)11)6-4-9(6)12;9-7(8(10)11)6-4-2-1-3-5-6/h1-3,6,9H,4,12H2;1-5,7,9H,(H,10,11)/t6?,9-;7-/m11/s1. The molecule has 6 heteroatoms. The van der Waals surface area contributed by atoms with E-state index in [2.05, 4.69) is 5.73 Å². The van der Waals surface area contributed by atoms with Crippen LogP contribution < -0.4 is 10.8 Å². The van der Waals surface area contributed by atoms with Crippen molar-refractivity contribution in [2.45, 2.75) is 24.5 Å². The highest BCUT2D eigenvalue weighted by Crippen LogP contribution is 2.37. The van der Waals surface area contributed by atoms with E-state index in [-0.39, 0.29) is 0 Å². The Morgan fingerprint density at radius 2 is 1.78 bits per heavy atom. The number of benzene rings is 2. The van der Waals surface area contributed by atoms with Crippen molar-refractivity contribution in [3.63, 3.8) is 0 Å². The average molecular weight is 321 g/mol. The Labute approximate surface area is 132 Å². The van der Waals surface area contributed by atoms with E-state index in [1.807, 2.05) is 0 Å². The Bertz CT molecular complexity index is 679. The highest BCUT2D eigenvalue weighted by molar-refractivity contribution is 5.71. The van der Waals surface area contributed by atoms with Gasteiger partial charge in [-0.2, -0.15) is 0 Å². The lowest BCUT2D eigenvalue weighted by Gasteiger charge is -2.10. The molecule has 23 heavy (non-hydrogen) atoms. The number of hydrogen-bond donors (Lipinski definition) is 2. The molecule has 2 aromatic carbocycles. The predicted octanol–water partition coefficient (Wildman–Crippen LogP) is 0.532. The van der Waals surface area contributed by atoms with Crippen molar-refractivity contribution in [3.05, 3.63) is 71.3 Å². The van der Waals surface area contributed by atoms with Gasteiger partial charge in [-0.25, -0.2) is 8.78 Å². The number of carboxylic acids is 1. The Morgan fingerprint density at radius 1 is 1.17 bits per heavy atom. The molecule has 0 aliphatic heterocycles. The zero-order valence-electron chi connectivity index (χ0n) is 12.3. The SMILES string of the molecule is O=C([O-])[C@H](O)c1ccccc1.[NH3+][C@@H]1CC1c1ccc(F)c(F)c1. The molecule has 0 amide bonds. The number of quaternary nitrogens is 1. The van der Waals surface area contributed by atoms with Crippen LogP contribution in [-0.2, 0) is 4.79 Å². The van der Waals surface area contributed by atoms with Gasteiger partial charge in [0.05, 0.1) is 12.0 Å². The maximum atomic E-state index is 12.7. The van der Waals surface area contributed by atoms with E-state index in [0.717, 1.165) is 12.0 Å². The van der Waals surface area contributed by atoms with E-state index in [1.165, 1.54) is 24.3 Å². The maximum Gasteiger partial charge on any atom is 0.159 e. The van der Waals surface area contributed by atoms with Crippen LogP contribution in [0.4, 0.5) is 8.78 Å². The zero-order valence-corrected chi connectivity index (χ0v) is 12.3. The number of carboxylic acid groups (broad SMARTS) is 1. The molecule has 4 nitrogen and oxygen atoms in total. The van der Waals surface area contributed by atoms with E-state index in [9.17, 15) is 18.7 Å². The maximum absolute atomic E-state index is 12.7. The molecule has 0 aromatic heterocycles. The summed E-state index contributed by atoms with van der Waals surface area (Å²) < 4.78 is 25.2. The summed E-state index contributed by atoms with van der Waals surface area (Å²) in [6.45, 7) is 0. The second-order valence-electron chi connectivity index (χ2n) is 5.41. The van der Waals surface area contributed by atoms with Gasteiger partial charge in [-0.15, -0.1) is 0 Å². The first kappa shape index (κ1) is 17.1. The van der Waals surface area contributed by atoms with Crippen molar-refractivity contribution in [1.82, 2.24) is 0 Å². The van der Waals surface area contributed by atoms with Gasteiger partial charge in [0.2, 0.25) is 0 Å². The Balaban J connectivity index is 0.000000168. The van der Waals surface area contributed by atoms with Crippen molar-refractivity contribution in [3.8, 4) is 0 Å². The monoisotopic (exact) mass is 321 g/mol. The van der Waals surface area contributed by atoms with E-state index in [0.29, 0.717) is 17.5 Å². The molecule has 2 aromatic rings. The van der Waals surface area contributed by atoms with Gasteiger partial charge in [0.15, 0.2) is 11.6 Å². The van der Waals surface area contributed by atoms with Gasteiger partial charge in [0, 0.05) is 12.3 Å². The lowest BCUT2D eigenvalue weighted by molar-refractivity contribution is -0.386. The highest BCUT2D eigenvalue weighted by atomic mass is 19.2. The smallest absolute Gasteiger partial charge is 0.159 e. The van der Waals surface area contributed by atoms with Crippen LogP contribution >= 0.6 is 0 Å². The number of hydrogen-bond acceptors (Lipinski definition) is 3. The molecule has 0 spiro atoms. The molecule has 4 N–H and O–H groups in total. The van der Waals surface area contributed by atoms with Gasteiger partial charge in [0.1, 0.15) is 6.10 Å². The first-order valence-corrected chi connectivity index (χ1v) is 7.12. The molecule has 1 saturated carbocycles. The van der Waals surface area contributed by atoms with Crippen molar-refractivity contribution >= 4 is 5.97 Å². The van der Waals surface area contributed by atoms with Crippen molar-refractivity contribution < 1.29 is 29.5 Å². The third kappa shape index (κ3) is 4.58. The number of carbonyl (C=O) groups excluding carboxylic acids is 1. The lowest BCUT2D eigenvalue weighted by Crippen LogP contribution is -2.53. The second kappa shape index (κ2) is 7.30. The fraction of sp³-hybridized carbons (Fsp3) is 0.235. The zero-order chi connectivity index (χ0) is 17.0. The molecule has 0 saturated heterocycles. The molecule has 1 aliphatic rings. The summed E-state index contributed by atoms with van der Waals surface area (Å²) in [5.74, 6) is -2.66. The van der Waals surface area contributed by atoms with Gasteiger partial charge in [-0.05, 0) is 23.3 Å². The Hall–Kier alpha value is -2.31. The second-order valence-corrected chi connectivity index (χ2v) is 5.41. The van der Waals surface area contributed by atoms with E-state index >= 15 is 0 Å². The number of aliphatic hydroxyl groups excluding tert-OH is 1. The molecule has 0 bridgehead atoms. The molecule has 3 rings (SSSR count). The Kier molecular flexibility index (Phi) is 5.41. The number of rotatable bonds is 3. The van der Waals surface area contributed by atoms with Gasteiger partial charge in [-0.1, -0.05) is 36.4 Å². The topological polar surface area (TPSA) is 88.0 Å². The summed E-state index contributed by atoms with van der Waals surface area (Å²) in [6.07, 6.45) is -0.526. The van der Waals surface area contributed by atoms with Crippen LogP contribution in [0.25, 0.3) is 0 Å². The first-order valence-electron chi connectivity index (χ1n) is 7.12. The van der Waals surface area contributed by atoms with Crippen LogP contribution in [-0.4, -0.2) is 17.1 Å². The van der Waals surface area contributed by atoms with Crippen molar-refractivity contribution in [2.75, 3.05) is 0 Å². The fourth-order valence-corrected chi connectivity index (χ4v) is 2.17. The number of carbonyl (C=O) groups is 1. The van der Waals surface area contributed by atoms with Crippen LogP contribution in [0.5, 0.6) is 0 Å². The summed E-state index contributed by atoms with van der Waals surface area (Å²) in [5, 5.41) is 19.1. The van der Waals surface area contributed by atoms with Crippen LogP contribution in [0.15, 0.2) is 48.5 Å². The van der Waals surface area contributed by atoms with E-state index < -0.39 is 23.7 Å². The molecule has 1 aliphatic carbocycles. The number of aliphatic hydroxyl groups is 1. The highest BCUT2D eigenvalue weighted by Gasteiger charge is 2.39. The van der Waals surface area contributed by atoms with Gasteiger partial charge in [0.25, 0.3) is 0 Å². The predicted molar refractivity (Wildman–Crippen MR) is 76.8 cm³/mol. The molecule has 3 atom stereocenters. The van der Waals surface area contributed by atoms with Crippen molar-refractivity contribution in [1.29, 1.82) is 0 Å². The molecule has 1 fully saturated rings. The first-order chi connectivity index (χ1) is 10.9. The summed E-state index contributed by atoms with van der Waals surface area (Å²) in [5.41, 5.74) is 5.05. The fourth-order valence-electron chi connectivity index (χ4n) is 2.17. The van der Waals surface area contributed by atoms with Crippen LogP contribution in [0.2, 0.25) is 0 Å². The lowest BCUT2D eigenvalue weighted by atomic mass is 10.1. The van der Waals surface area contributed by atoms with Gasteiger partial charge >= 0.3 is 0 Å². The van der Waals surface area contributed by atoms with E-state index in [1.54, 1.807) is 24.3 Å². The molecular weight excluding hydrogens is 304 g/mol. The minimum Gasteiger partial charge on any atom is -0.547 e. The molecule has 1 unspecified atom stereocenters. The normalized spacial score (nSPS) is 20.2.